The molecule has 10 heteroatoms. The van der Waals surface area contributed by atoms with Crippen LogP contribution in [0.3, 0.4) is 0 Å². The van der Waals surface area contributed by atoms with Gasteiger partial charge in [-0.25, -0.2) is 9.78 Å². The number of hydrogen-bond donors (Lipinski definition) is 3. The first-order valence-electron chi connectivity index (χ1n) is 4.20. The van der Waals surface area contributed by atoms with Crippen LogP contribution in [0.1, 0.15) is 0 Å². The smallest absolute Gasteiger partial charge is 0.352 e. The molecule has 1 aromatic heterocycles. The van der Waals surface area contributed by atoms with Crippen molar-refractivity contribution in [1.82, 2.24) is 14.5 Å². The normalized spacial score (nSPS) is 11.6. The molecule has 0 unspecified atom stereocenters. The molecule has 0 amide bonds. The molecule has 16 heavy (non-hydrogen) atoms. The Hall–Kier alpha value is -1.28. The van der Waals surface area contributed by atoms with E-state index in [2.05, 4.69) is 14.7 Å². The molecule has 0 atom stereocenters. The first kappa shape index (κ1) is 12.8. The first-order valence-corrected chi connectivity index (χ1v) is 5.99. The summed E-state index contributed by atoms with van der Waals surface area (Å²) >= 11 is 0. The summed E-state index contributed by atoms with van der Waals surface area (Å²) in [6.07, 6.45) is 0.503. The number of ether oxygens (including phenoxy) is 1. The van der Waals surface area contributed by atoms with Crippen molar-refractivity contribution in [1.29, 1.82) is 0 Å². The van der Waals surface area contributed by atoms with Crippen LogP contribution in [-0.2, 0) is 15.8 Å². The number of rotatable bonds is 5. The maximum atomic E-state index is 11.2. The molecule has 0 aliphatic rings. The standard InChI is InChI=1S/C6H11N4O5P/c7-5-8-3-10(6(11)9-5)1-2-15-4-16(12,13)14/h3H,1-2,4H2,(H2,7,9,11)(H2,12,13,14). The van der Waals surface area contributed by atoms with Gasteiger partial charge in [0.2, 0.25) is 5.95 Å². The van der Waals surface area contributed by atoms with E-state index in [1.807, 2.05) is 0 Å². The molecule has 0 bridgehead atoms. The van der Waals surface area contributed by atoms with Crippen LogP contribution in [0.5, 0.6) is 0 Å². The average Bonchev–Trinajstić information content (AvgIpc) is 2.13. The van der Waals surface area contributed by atoms with Crippen molar-refractivity contribution < 1.29 is 19.1 Å². The highest BCUT2D eigenvalue weighted by molar-refractivity contribution is 7.51. The van der Waals surface area contributed by atoms with Crippen LogP contribution >= 0.6 is 7.60 Å². The summed E-state index contributed by atoms with van der Waals surface area (Å²) in [6, 6.07) is 0. The SMILES string of the molecule is Nc1ncn(CCOCP(=O)(O)O)c(=O)n1. The lowest BCUT2D eigenvalue weighted by Crippen LogP contribution is -2.26. The van der Waals surface area contributed by atoms with E-state index in [1.54, 1.807) is 0 Å². The van der Waals surface area contributed by atoms with Crippen LogP contribution in [0.4, 0.5) is 5.95 Å². The lowest BCUT2D eigenvalue weighted by atomic mass is 10.6. The summed E-state index contributed by atoms with van der Waals surface area (Å²) in [4.78, 5) is 35.1. The minimum absolute atomic E-state index is 0.0295. The second-order valence-electron chi connectivity index (χ2n) is 2.89. The summed E-state index contributed by atoms with van der Waals surface area (Å²) in [6.45, 7) is 0.0669. The predicted molar refractivity (Wildman–Crippen MR) is 53.6 cm³/mol. The van der Waals surface area contributed by atoms with Crippen LogP contribution in [-0.4, -0.2) is 37.3 Å². The van der Waals surface area contributed by atoms with Gasteiger partial charge in [-0.05, 0) is 0 Å². The van der Waals surface area contributed by atoms with Crippen molar-refractivity contribution in [3.05, 3.63) is 16.8 Å². The zero-order chi connectivity index (χ0) is 12.2. The number of nitrogens with two attached hydrogens (primary N) is 1. The van der Waals surface area contributed by atoms with Gasteiger partial charge in [-0.3, -0.25) is 9.13 Å². The number of anilines is 1. The lowest BCUT2D eigenvalue weighted by molar-refractivity contribution is 0.147. The summed E-state index contributed by atoms with van der Waals surface area (Å²) in [5.41, 5.74) is 4.58. The zero-order valence-electron chi connectivity index (χ0n) is 8.18. The fourth-order valence-electron chi connectivity index (χ4n) is 0.869. The van der Waals surface area contributed by atoms with E-state index in [4.69, 9.17) is 15.5 Å². The second kappa shape index (κ2) is 5.17. The van der Waals surface area contributed by atoms with Crippen molar-refractivity contribution in [3.8, 4) is 0 Å². The maximum Gasteiger partial charge on any atom is 0.352 e. The molecule has 0 fully saturated rings. The Morgan fingerprint density at radius 2 is 2.25 bits per heavy atom. The van der Waals surface area contributed by atoms with Gasteiger partial charge in [-0.1, -0.05) is 0 Å². The van der Waals surface area contributed by atoms with E-state index in [-0.39, 0.29) is 19.1 Å². The van der Waals surface area contributed by atoms with Crippen LogP contribution in [0.15, 0.2) is 11.1 Å². The van der Waals surface area contributed by atoms with Gasteiger partial charge in [0, 0.05) is 0 Å². The quantitative estimate of drug-likeness (QED) is 0.418. The van der Waals surface area contributed by atoms with Crippen molar-refractivity contribution in [3.63, 3.8) is 0 Å². The second-order valence-corrected chi connectivity index (χ2v) is 4.48. The lowest BCUT2D eigenvalue weighted by Gasteiger charge is -2.06. The molecule has 0 aromatic carbocycles. The summed E-state index contributed by atoms with van der Waals surface area (Å²) in [5.74, 6) is -0.127. The van der Waals surface area contributed by atoms with Crippen molar-refractivity contribution >= 4 is 13.5 Å². The molecule has 90 valence electrons. The highest BCUT2D eigenvalue weighted by atomic mass is 31.2. The van der Waals surface area contributed by atoms with Crippen LogP contribution in [0.25, 0.3) is 0 Å². The third kappa shape index (κ3) is 4.49. The van der Waals surface area contributed by atoms with Gasteiger partial charge in [-0.15, -0.1) is 0 Å². The largest absolute Gasteiger partial charge is 0.368 e. The molecular weight excluding hydrogens is 239 g/mol. The minimum Gasteiger partial charge on any atom is -0.368 e. The topological polar surface area (TPSA) is 141 Å². The Bertz CT molecular complexity index is 454. The Labute approximate surface area is 90.1 Å². The molecule has 0 saturated heterocycles. The van der Waals surface area contributed by atoms with Gasteiger partial charge in [0.1, 0.15) is 12.7 Å². The summed E-state index contributed by atoms with van der Waals surface area (Å²) in [5, 5.41) is 0. The molecule has 9 nitrogen and oxygen atoms in total. The molecule has 1 aromatic rings. The fourth-order valence-corrected chi connectivity index (χ4v) is 1.24. The van der Waals surface area contributed by atoms with Gasteiger partial charge >= 0.3 is 13.3 Å². The van der Waals surface area contributed by atoms with Gasteiger partial charge in [-0.2, -0.15) is 4.98 Å². The monoisotopic (exact) mass is 250 g/mol. The average molecular weight is 250 g/mol. The van der Waals surface area contributed by atoms with Crippen LogP contribution < -0.4 is 11.4 Å². The predicted octanol–water partition coefficient (Wildman–Crippen LogP) is -1.63. The number of nitrogen functional groups attached to an aromatic ring is 1. The zero-order valence-corrected chi connectivity index (χ0v) is 9.08. The summed E-state index contributed by atoms with van der Waals surface area (Å²) in [7, 11) is -4.17. The molecule has 1 rings (SSSR count). The third-order valence-electron chi connectivity index (χ3n) is 1.52. The molecule has 0 radical (unpaired) electrons. The van der Waals surface area contributed by atoms with E-state index < -0.39 is 19.6 Å². The molecule has 0 aliphatic carbocycles. The van der Waals surface area contributed by atoms with E-state index >= 15 is 0 Å². The first-order chi connectivity index (χ1) is 7.38. The van der Waals surface area contributed by atoms with Gasteiger partial charge in [0.05, 0.1) is 13.2 Å². The van der Waals surface area contributed by atoms with Gasteiger partial charge in [0.15, 0.2) is 0 Å². The van der Waals surface area contributed by atoms with Crippen LogP contribution in [0, 0.1) is 0 Å². The molecule has 0 spiro atoms. The van der Waals surface area contributed by atoms with E-state index in [1.165, 1.54) is 6.33 Å². The van der Waals surface area contributed by atoms with Crippen LogP contribution in [0.2, 0.25) is 0 Å². The number of aromatic nitrogens is 3. The highest BCUT2D eigenvalue weighted by Gasteiger charge is 2.12. The molecule has 4 N–H and O–H groups in total. The Balaban J connectivity index is 2.44. The third-order valence-corrected chi connectivity index (χ3v) is 2.04. The van der Waals surface area contributed by atoms with Crippen molar-refractivity contribution in [2.75, 3.05) is 18.7 Å². The fraction of sp³-hybridized carbons (Fsp3) is 0.500. The summed E-state index contributed by atoms with van der Waals surface area (Å²) < 4.78 is 16.2. The van der Waals surface area contributed by atoms with Crippen molar-refractivity contribution in [2.24, 2.45) is 0 Å². The van der Waals surface area contributed by atoms with Crippen molar-refractivity contribution in [2.45, 2.75) is 6.54 Å². The maximum absolute atomic E-state index is 11.2. The molecule has 0 aliphatic heterocycles. The molecule has 0 saturated carbocycles. The van der Waals surface area contributed by atoms with Gasteiger partial charge in [0.25, 0.3) is 0 Å². The Kier molecular flexibility index (Phi) is 4.13. The highest BCUT2D eigenvalue weighted by Crippen LogP contribution is 2.33. The Morgan fingerprint density at radius 1 is 1.56 bits per heavy atom. The van der Waals surface area contributed by atoms with E-state index in [9.17, 15) is 9.36 Å². The van der Waals surface area contributed by atoms with E-state index in [0.29, 0.717) is 0 Å². The van der Waals surface area contributed by atoms with Gasteiger partial charge < -0.3 is 20.3 Å². The Morgan fingerprint density at radius 3 is 2.81 bits per heavy atom. The van der Waals surface area contributed by atoms with E-state index in [0.717, 1.165) is 4.57 Å². The number of nitrogens with zero attached hydrogens (tertiary/aromatic N) is 3. The molecule has 1 heterocycles. The molecular formula is C6H11N4O5P. The minimum atomic E-state index is -4.17. The number of hydrogen-bond acceptors (Lipinski definition) is 6.